The van der Waals surface area contributed by atoms with E-state index in [1.165, 1.54) is 0 Å². The molecule has 0 spiro atoms. The lowest BCUT2D eigenvalue weighted by Crippen LogP contribution is -2.38. The van der Waals surface area contributed by atoms with Crippen LogP contribution in [-0.4, -0.2) is 38.5 Å². The van der Waals surface area contributed by atoms with Gasteiger partial charge >= 0.3 is 0 Å². The highest BCUT2D eigenvalue weighted by atomic mass is 79.9. The highest BCUT2D eigenvalue weighted by molar-refractivity contribution is 9.09. The van der Waals surface area contributed by atoms with Crippen LogP contribution in [0.3, 0.4) is 0 Å². The van der Waals surface area contributed by atoms with Crippen molar-refractivity contribution < 1.29 is 4.79 Å². The molecular formula is C12H18BrN3O. The van der Waals surface area contributed by atoms with Crippen molar-refractivity contribution in [3.63, 3.8) is 0 Å². The quantitative estimate of drug-likeness (QED) is 0.783. The molecule has 1 amide bonds. The first kappa shape index (κ1) is 12.6. The predicted molar refractivity (Wildman–Crippen MR) is 70.3 cm³/mol. The SMILES string of the molecule is Cc1c(C(=O)N2CCC(C)C2CBr)cnn1C. The minimum Gasteiger partial charge on any atom is -0.334 e. The lowest BCUT2D eigenvalue weighted by Gasteiger charge is -2.25. The van der Waals surface area contributed by atoms with Gasteiger partial charge < -0.3 is 4.90 Å². The summed E-state index contributed by atoms with van der Waals surface area (Å²) in [5, 5.41) is 4.98. The van der Waals surface area contributed by atoms with Gasteiger partial charge in [0.1, 0.15) is 0 Å². The molecule has 2 unspecified atom stereocenters. The average molecular weight is 300 g/mol. The number of hydrogen-bond donors (Lipinski definition) is 0. The maximum atomic E-state index is 12.4. The molecule has 1 saturated heterocycles. The van der Waals surface area contributed by atoms with E-state index in [0.717, 1.165) is 29.6 Å². The third kappa shape index (κ3) is 2.12. The minimum atomic E-state index is 0.115. The zero-order valence-electron chi connectivity index (χ0n) is 10.5. The molecule has 5 heteroatoms. The highest BCUT2D eigenvalue weighted by Crippen LogP contribution is 2.27. The fourth-order valence-electron chi connectivity index (χ4n) is 2.36. The van der Waals surface area contributed by atoms with Crippen LogP contribution in [0.25, 0.3) is 0 Å². The lowest BCUT2D eigenvalue weighted by atomic mass is 10.0. The van der Waals surface area contributed by atoms with Crippen LogP contribution in [0.5, 0.6) is 0 Å². The van der Waals surface area contributed by atoms with Gasteiger partial charge in [-0.2, -0.15) is 5.10 Å². The summed E-state index contributed by atoms with van der Waals surface area (Å²) < 4.78 is 1.75. The van der Waals surface area contributed by atoms with E-state index in [0.29, 0.717) is 12.0 Å². The van der Waals surface area contributed by atoms with Gasteiger partial charge in [0.2, 0.25) is 0 Å². The number of alkyl halides is 1. The summed E-state index contributed by atoms with van der Waals surface area (Å²) in [5.41, 5.74) is 1.66. The van der Waals surface area contributed by atoms with Crippen molar-refractivity contribution in [3.8, 4) is 0 Å². The molecule has 4 nitrogen and oxygen atoms in total. The Morgan fingerprint density at radius 2 is 2.35 bits per heavy atom. The maximum absolute atomic E-state index is 12.4. The second-order valence-corrected chi connectivity index (χ2v) is 5.40. The standard InChI is InChI=1S/C12H18BrN3O/c1-8-4-5-16(11(8)6-13)12(17)10-7-14-15(3)9(10)2/h7-8,11H,4-6H2,1-3H3. The van der Waals surface area contributed by atoms with Gasteiger partial charge in [-0.3, -0.25) is 9.48 Å². The van der Waals surface area contributed by atoms with Crippen LogP contribution < -0.4 is 0 Å². The van der Waals surface area contributed by atoms with Crippen molar-refractivity contribution in [1.29, 1.82) is 0 Å². The first-order valence-electron chi connectivity index (χ1n) is 5.91. The summed E-state index contributed by atoms with van der Waals surface area (Å²) in [4.78, 5) is 14.4. The molecule has 94 valence electrons. The van der Waals surface area contributed by atoms with Crippen molar-refractivity contribution in [1.82, 2.24) is 14.7 Å². The van der Waals surface area contributed by atoms with E-state index in [4.69, 9.17) is 0 Å². The van der Waals surface area contributed by atoms with Gasteiger partial charge in [-0.15, -0.1) is 0 Å². The Kier molecular flexibility index (Phi) is 3.56. The number of rotatable bonds is 2. The Hall–Kier alpha value is -0.840. The molecule has 1 fully saturated rings. The molecule has 1 aliphatic rings. The number of carbonyl (C=O) groups is 1. The van der Waals surface area contributed by atoms with Crippen molar-refractivity contribution in [2.24, 2.45) is 13.0 Å². The predicted octanol–water partition coefficient (Wildman–Crippen LogP) is 1.97. The summed E-state index contributed by atoms with van der Waals surface area (Å²) in [7, 11) is 1.86. The monoisotopic (exact) mass is 299 g/mol. The summed E-state index contributed by atoms with van der Waals surface area (Å²) in [6, 6.07) is 0.308. The van der Waals surface area contributed by atoms with Crippen LogP contribution >= 0.6 is 15.9 Å². The fraction of sp³-hybridized carbons (Fsp3) is 0.667. The third-order valence-corrected chi connectivity index (χ3v) is 4.43. The first-order chi connectivity index (χ1) is 8.06. The Morgan fingerprint density at radius 1 is 1.65 bits per heavy atom. The smallest absolute Gasteiger partial charge is 0.257 e. The number of aromatic nitrogens is 2. The number of carbonyl (C=O) groups excluding carboxylic acids is 1. The summed E-state index contributed by atoms with van der Waals surface area (Å²) in [6.45, 7) is 4.99. The molecule has 0 aromatic carbocycles. The van der Waals surface area contributed by atoms with Crippen LogP contribution in [-0.2, 0) is 7.05 Å². The molecule has 0 N–H and O–H groups in total. The average Bonchev–Trinajstić information content (AvgIpc) is 2.83. The number of hydrogen-bond acceptors (Lipinski definition) is 2. The van der Waals surface area contributed by atoms with Crippen molar-refractivity contribution in [2.45, 2.75) is 26.3 Å². The van der Waals surface area contributed by atoms with E-state index in [9.17, 15) is 4.79 Å². The Balaban J connectivity index is 2.23. The molecule has 2 atom stereocenters. The second-order valence-electron chi connectivity index (χ2n) is 4.75. The summed E-state index contributed by atoms with van der Waals surface area (Å²) in [6.07, 6.45) is 2.76. The Labute approximate surface area is 110 Å². The molecule has 1 aliphatic heterocycles. The molecule has 0 saturated carbocycles. The van der Waals surface area contributed by atoms with Crippen molar-refractivity contribution in [3.05, 3.63) is 17.5 Å². The van der Waals surface area contributed by atoms with E-state index in [2.05, 4.69) is 28.0 Å². The Morgan fingerprint density at radius 3 is 2.88 bits per heavy atom. The largest absolute Gasteiger partial charge is 0.334 e. The molecule has 0 radical (unpaired) electrons. The number of halogens is 1. The normalized spacial score (nSPS) is 24.4. The number of amides is 1. The van der Waals surface area contributed by atoms with Gasteiger partial charge in [-0.25, -0.2) is 0 Å². The molecule has 1 aromatic rings. The topological polar surface area (TPSA) is 38.1 Å². The van der Waals surface area contributed by atoms with Crippen molar-refractivity contribution in [2.75, 3.05) is 11.9 Å². The molecule has 17 heavy (non-hydrogen) atoms. The molecule has 0 aliphatic carbocycles. The van der Waals surface area contributed by atoms with Crippen LogP contribution in [0.1, 0.15) is 29.4 Å². The van der Waals surface area contributed by atoms with Gasteiger partial charge in [-0.1, -0.05) is 22.9 Å². The molecule has 0 bridgehead atoms. The molecular weight excluding hydrogens is 282 g/mol. The lowest BCUT2D eigenvalue weighted by molar-refractivity contribution is 0.0738. The first-order valence-corrected chi connectivity index (χ1v) is 7.04. The van der Waals surface area contributed by atoms with E-state index in [-0.39, 0.29) is 5.91 Å². The van der Waals surface area contributed by atoms with Gasteiger partial charge in [0.25, 0.3) is 5.91 Å². The van der Waals surface area contributed by atoms with Crippen LogP contribution in [0.15, 0.2) is 6.20 Å². The van der Waals surface area contributed by atoms with Crippen LogP contribution in [0, 0.1) is 12.8 Å². The molecule has 2 rings (SSSR count). The second kappa shape index (κ2) is 4.80. The van der Waals surface area contributed by atoms with E-state index < -0.39 is 0 Å². The maximum Gasteiger partial charge on any atom is 0.257 e. The Bertz CT molecular complexity index is 429. The third-order valence-electron chi connectivity index (χ3n) is 3.77. The van der Waals surface area contributed by atoms with E-state index in [1.54, 1.807) is 10.9 Å². The number of likely N-dealkylation sites (tertiary alicyclic amines) is 1. The van der Waals surface area contributed by atoms with Gasteiger partial charge in [0, 0.05) is 30.7 Å². The van der Waals surface area contributed by atoms with Gasteiger partial charge in [-0.05, 0) is 19.3 Å². The van der Waals surface area contributed by atoms with Crippen LogP contribution in [0.2, 0.25) is 0 Å². The zero-order chi connectivity index (χ0) is 12.6. The highest BCUT2D eigenvalue weighted by Gasteiger charge is 2.34. The van der Waals surface area contributed by atoms with E-state index in [1.807, 2.05) is 18.9 Å². The van der Waals surface area contributed by atoms with Gasteiger partial charge in [0.15, 0.2) is 0 Å². The molecule has 2 heterocycles. The van der Waals surface area contributed by atoms with Crippen LogP contribution in [0.4, 0.5) is 0 Å². The summed E-state index contributed by atoms with van der Waals surface area (Å²) in [5.74, 6) is 0.680. The molecule has 1 aromatic heterocycles. The number of aryl methyl sites for hydroxylation is 1. The van der Waals surface area contributed by atoms with E-state index >= 15 is 0 Å². The minimum absolute atomic E-state index is 0.115. The van der Waals surface area contributed by atoms with Gasteiger partial charge in [0.05, 0.1) is 11.8 Å². The fourth-order valence-corrected chi connectivity index (χ4v) is 3.35. The van der Waals surface area contributed by atoms with Crippen molar-refractivity contribution >= 4 is 21.8 Å². The summed E-state index contributed by atoms with van der Waals surface area (Å²) >= 11 is 3.51. The zero-order valence-corrected chi connectivity index (χ0v) is 12.1. The number of nitrogens with zero attached hydrogens (tertiary/aromatic N) is 3.